The smallest absolute Gasteiger partial charge is 0.0708 e. The van der Waals surface area contributed by atoms with Crippen molar-refractivity contribution < 1.29 is 0 Å². The minimum absolute atomic E-state index is 0.827. The molecule has 1 aliphatic carbocycles. The van der Waals surface area contributed by atoms with Gasteiger partial charge in [-0.1, -0.05) is 205 Å². The van der Waals surface area contributed by atoms with E-state index in [1.54, 1.807) is 13.0 Å². The summed E-state index contributed by atoms with van der Waals surface area (Å²) in [7, 11) is 0. The SMILES string of the molecule is C#CC.C=C/C=C\C=C/Cc1cc(C)cc(-c2ccccc2)n1.CC.CCC.C\C=C/C(C1=C(C)C=CCC=C1)=C(C)\C=C\C1=C\Cc2ccccc2N(c2ccccc2)C\C=C/1. The van der Waals surface area contributed by atoms with Crippen LogP contribution in [-0.4, -0.2) is 11.5 Å². The van der Waals surface area contributed by atoms with Crippen LogP contribution in [0.1, 0.15) is 85.1 Å². The third-order valence-electron chi connectivity index (χ3n) is 9.34. The van der Waals surface area contributed by atoms with E-state index in [-0.39, 0.29) is 0 Å². The van der Waals surface area contributed by atoms with Crippen LogP contribution in [0.3, 0.4) is 0 Å². The largest absolute Gasteiger partial charge is 0.337 e. The monoisotopic (exact) mass is 833 g/mol. The van der Waals surface area contributed by atoms with Crippen LogP contribution in [0, 0.1) is 19.3 Å². The maximum atomic E-state index is 4.73. The predicted molar refractivity (Wildman–Crippen MR) is 281 cm³/mol. The number of fused-ring (bicyclic) bond motifs is 1. The first kappa shape index (κ1) is 52.4. The van der Waals surface area contributed by atoms with Crippen molar-refractivity contribution in [3.63, 3.8) is 0 Å². The lowest BCUT2D eigenvalue weighted by Gasteiger charge is -2.25. The summed E-state index contributed by atoms with van der Waals surface area (Å²) in [5.74, 6) is 2.25. The van der Waals surface area contributed by atoms with Crippen LogP contribution in [0.2, 0.25) is 0 Å². The molecule has 63 heavy (non-hydrogen) atoms. The van der Waals surface area contributed by atoms with Crippen molar-refractivity contribution in [3.05, 3.63) is 246 Å². The molecule has 1 aromatic heterocycles. The molecule has 0 fully saturated rings. The number of aromatic nitrogens is 1. The first-order valence-electron chi connectivity index (χ1n) is 22.5. The molecule has 2 heteroatoms. The van der Waals surface area contributed by atoms with Crippen molar-refractivity contribution in [1.82, 2.24) is 4.98 Å². The number of nitrogens with zero attached hydrogens (tertiary/aromatic N) is 2. The zero-order valence-electron chi connectivity index (χ0n) is 39.7. The first-order valence-corrected chi connectivity index (χ1v) is 22.5. The van der Waals surface area contributed by atoms with Gasteiger partial charge < -0.3 is 4.90 Å². The van der Waals surface area contributed by atoms with Crippen LogP contribution in [0.4, 0.5) is 11.4 Å². The molecular formula is C61H72N2. The molecule has 326 valence electrons. The summed E-state index contributed by atoms with van der Waals surface area (Å²) in [6, 6.07) is 33.9. The quantitative estimate of drug-likeness (QED) is 0.117. The molecule has 6 rings (SSSR count). The number of anilines is 2. The van der Waals surface area contributed by atoms with E-state index in [0.717, 1.165) is 42.8 Å². The molecule has 1 aliphatic heterocycles. The van der Waals surface area contributed by atoms with Crippen LogP contribution in [0.5, 0.6) is 0 Å². The number of pyridine rings is 1. The van der Waals surface area contributed by atoms with Crippen molar-refractivity contribution in [1.29, 1.82) is 0 Å². The molecule has 2 nitrogen and oxygen atoms in total. The molecule has 4 aromatic rings. The van der Waals surface area contributed by atoms with Gasteiger partial charge in [-0.05, 0) is 117 Å². The Morgan fingerprint density at radius 2 is 1.48 bits per heavy atom. The minimum atomic E-state index is 0.827. The molecule has 3 aromatic carbocycles. The Balaban J connectivity index is 0.000000411. The molecule has 2 aliphatic rings. The van der Waals surface area contributed by atoms with E-state index in [9.17, 15) is 0 Å². The van der Waals surface area contributed by atoms with Gasteiger partial charge in [-0.25, -0.2) is 0 Å². The topological polar surface area (TPSA) is 16.1 Å². The minimum Gasteiger partial charge on any atom is -0.337 e. The highest BCUT2D eigenvalue weighted by molar-refractivity contribution is 5.68. The fourth-order valence-corrected chi connectivity index (χ4v) is 6.57. The fraction of sp³-hybridized carbons (Fsp3) is 0.230. The van der Waals surface area contributed by atoms with Gasteiger partial charge in [-0.3, -0.25) is 4.98 Å². The number of hydrogen-bond donors (Lipinski definition) is 0. The summed E-state index contributed by atoms with van der Waals surface area (Å²) in [4.78, 5) is 7.12. The van der Waals surface area contributed by atoms with E-state index in [2.05, 4.69) is 217 Å². The Bertz CT molecular complexity index is 2310. The molecular weight excluding hydrogens is 761 g/mol. The lowest BCUT2D eigenvalue weighted by Crippen LogP contribution is -2.18. The van der Waals surface area contributed by atoms with Gasteiger partial charge in [0, 0.05) is 35.6 Å². The highest BCUT2D eigenvalue weighted by atomic mass is 15.1. The number of allylic oxidation sites excluding steroid dienone is 20. The molecule has 0 spiro atoms. The maximum absolute atomic E-state index is 4.73. The Labute approximate surface area is 383 Å². The second-order valence-corrected chi connectivity index (χ2v) is 14.6. The number of terminal acetylenes is 1. The van der Waals surface area contributed by atoms with Gasteiger partial charge in [-0.2, -0.15) is 0 Å². The van der Waals surface area contributed by atoms with Crippen LogP contribution in [-0.2, 0) is 12.8 Å². The van der Waals surface area contributed by atoms with E-state index < -0.39 is 0 Å². The van der Waals surface area contributed by atoms with Crippen LogP contribution in [0.25, 0.3) is 11.3 Å². The molecule has 2 heterocycles. The van der Waals surface area contributed by atoms with Crippen molar-refractivity contribution in [2.75, 3.05) is 11.4 Å². The number of rotatable bonds is 10. The second kappa shape index (κ2) is 32.1. The summed E-state index contributed by atoms with van der Waals surface area (Å²) < 4.78 is 0. The summed E-state index contributed by atoms with van der Waals surface area (Å²) in [6.07, 6.45) is 43.0. The fourth-order valence-electron chi connectivity index (χ4n) is 6.57. The summed E-state index contributed by atoms with van der Waals surface area (Å²) in [5.41, 5.74) is 14.7. The summed E-state index contributed by atoms with van der Waals surface area (Å²) >= 11 is 0. The summed E-state index contributed by atoms with van der Waals surface area (Å²) in [6.45, 7) is 23.0. The van der Waals surface area contributed by atoms with E-state index >= 15 is 0 Å². The third kappa shape index (κ3) is 19.3. The number of aryl methyl sites for hydroxylation is 1. The van der Waals surface area contributed by atoms with Crippen LogP contribution >= 0.6 is 0 Å². The van der Waals surface area contributed by atoms with Crippen LogP contribution < -0.4 is 4.90 Å². The number of benzene rings is 3. The average Bonchev–Trinajstić information content (AvgIpc) is 3.47. The van der Waals surface area contributed by atoms with E-state index in [1.165, 1.54) is 56.8 Å². The summed E-state index contributed by atoms with van der Waals surface area (Å²) in [5, 5.41) is 0. The normalized spacial score (nSPS) is 14.9. The highest BCUT2D eigenvalue weighted by Gasteiger charge is 2.13. The van der Waals surface area contributed by atoms with E-state index in [4.69, 9.17) is 4.98 Å². The average molecular weight is 833 g/mol. The Morgan fingerprint density at radius 1 is 0.825 bits per heavy atom. The zero-order valence-corrected chi connectivity index (χ0v) is 39.7. The molecule has 0 radical (unpaired) electrons. The van der Waals surface area contributed by atoms with Gasteiger partial charge in [0.15, 0.2) is 0 Å². The third-order valence-corrected chi connectivity index (χ3v) is 9.34. The molecule has 0 saturated carbocycles. The van der Waals surface area contributed by atoms with Gasteiger partial charge in [-0.15, -0.1) is 12.3 Å². The standard InChI is InChI=1S/C34H35N.C19H19N.C3H8.C3H4.C2H6/c1-4-14-32(33-20-10-5-7-15-27(33)2)28(3)22-23-29-16-13-26-35(31-18-8-6-9-19-31)34-21-12-11-17-30(34)25-24-29;1-3-4-5-6-10-13-18-14-16(2)15-19(20-18)17-11-8-7-9-12-17;2*1-3-2;1-2/h4,6-24H,5,25-26H2,1-3H3;3-12,14-15H,1,13H2,2H3;3H2,1-2H3;1H,2H3;1-2H3/b14-4-,16-13-,23-22+,29-24+,32-28+;5-4-,10-6-;;;. The molecule has 0 unspecified atom stereocenters. The number of hydrogen-bond acceptors (Lipinski definition) is 2. The molecule has 0 amide bonds. The van der Waals surface area contributed by atoms with Crippen molar-refractivity contribution in [2.24, 2.45) is 0 Å². The Kier molecular flexibility index (Phi) is 26.7. The molecule has 0 saturated heterocycles. The molecule has 0 bridgehead atoms. The van der Waals surface area contributed by atoms with Gasteiger partial charge in [0.2, 0.25) is 0 Å². The van der Waals surface area contributed by atoms with Gasteiger partial charge in [0.05, 0.1) is 5.69 Å². The predicted octanol–water partition coefficient (Wildman–Crippen LogP) is 17.1. The van der Waals surface area contributed by atoms with Crippen LogP contribution in [0.15, 0.2) is 229 Å². The highest BCUT2D eigenvalue weighted by Crippen LogP contribution is 2.31. The Hall–Kier alpha value is -6.69. The maximum Gasteiger partial charge on any atom is 0.0708 e. The van der Waals surface area contributed by atoms with E-state index in [1.807, 2.05) is 50.3 Å². The van der Waals surface area contributed by atoms with Gasteiger partial charge in [0.1, 0.15) is 0 Å². The van der Waals surface area contributed by atoms with Crippen molar-refractivity contribution >= 4 is 11.4 Å². The second-order valence-electron chi connectivity index (χ2n) is 14.6. The lowest BCUT2D eigenvalue weighted by molar-refractivity contribution is 1.07. The Morgan fingerprint density at radius 3 is 2.16 bits per heavy atom. The van der Waals surface area contributed by atoms with Gasteiger partial charge in [0.25, 0.3) is 0 Å². The van der Waals surface area contributed by atoms with Crippen molar-refractivity contribution in [2.45, 2.75) is 88.0 Å². The number of para-hydroxylation sites is 2. The van der Waals surface area contributed by atoms with E-state index in [0.29, 0.717) is 0 Å². The lowest BCUT2D eigenvalue weighted by atomic mass is 9.95. The zero-order chi connectivity index (χ0) is 46.1. The van der Waals surface area contributed by atoms with Gasteiger partial charge >= 0.3 is 0 Å². The molecule has 0 N–H and O–H groups in total. The molecule has 0 atom stereocenters. The first-order chi connectivity index (χ1) is 30.8. The van der Waals surface area contributed by atoms with Crippen molar-refractivity contribution in [3.8, 4) is 23.6 Å².